The predicted octanol–water partition coefficient (Wildman–Crippen LogP) is 1.38. The van der Waals surface area contributed by atoms with Crippen molar-refractivity contribution in [2.45, 2.75) is 6.42 Å². The molecule has 2 aromatic rings. The monoisotopic (exact) mass is 373 g/mol. The van der Waals surface area contributed by atoms with Gasteiger partial charge in [-0.25, -0.2) is 4.79 Å². The van der Waals surface area contributed by atoms with Crippen LogP contribution >= 0.6 is 0 Å². The summed E-state index contributed by atoms with van der Waals surface area (Å²) in [4.78, 5) is 23.6. The summed E-state index contributed by atoms with van der Waals surface area (Å²) in [6.45, 7) is 0.930. The lowest BCUT2D eigenvalue weighted by atomic mass is 10.1. The molecule has 8 nitrogen and oxygen atoms in total. The summed E-state index contributed by atoms with van der Waals surface area (Å²) in [6, 6.07) is 9.07. The molecule has 3 N–H and O–H groups in total. The van der Waals surface area contributed by atoms with Gasteiger partial charge >= 0.3 is 5.97 Å². The third kappa shape index (κ3) is 4.81. The van der Waals surface area contributed by atoms with Gasteiger partial charge in [0.2, 0.25) is 0 Å². The number of fused-ring (bicyclic) bond motifs is 1. The fraction of sp³-hybridized carbons (Fsp3) is 0.263. The third-order valence-corrected chi connectivity index (χ3v) is 3.88. The maximum atomic E-state index is 11.8. The minimum Gasteiger partial charge on any atom is -0.508 e. The van der Waals surface area contributed by atoms with Crippen molar-refractivity contribution in [1.29, 1.82) is 0 Å². The number of aromatic hydroxyl groups is 2. The summed E-state index contributed by atoms with van der Waals surface area (Å²) < 4.78 is 15.8. The van der Waals surface area contributed by atoms with Crippen molar-refractivity contribution < 1.29 is 34.0 Å². The molecule has 142 valence electrons. The Morgan fingerprint density at radius 2 is 1.81 bits per heavy atom. The van der Waals surface area contributed by atoms with Gasteiger partial charge < -0.3 is 29.7 Å². The first kappa shape index (κ1) is 18.4. The molecule has 3 rings (SSSR count). The number of nitrogens with one attached hydrogen (secondary N) is 1. The summed E-state index contributed by atoms with van der Waals surface area (Å²) in [5.74, 6) is -0.514. The van der Waals surface area contributed by atoms with E-state index in [0.29, 0.717) is 37.7 Å². The van der Waals surface area contributed by atoms with E-state index in [0.717, 1.165) is 11.6 Å². The summed E-state index contributed by atoms with van der Waals surface area (Å²) in [5, 5.41) is 21.5. The van der Waals surface area contributed by atoms with Crippen LogP contribution in [0.4, 0.5) is 0 Å². The van der Waals surface area contributed by atoms with Gasteiger partial charge in [0.15, 0.2) is 18.1 Å². The van der Waals surface area contributed by atoms with Crippen molar-refractivity contribution in [2.75, 3.05) is 26.4 Å². The number of phenols is 2. The van der Waals surface area contributed by atoms with E-state index in [-0.39, 0.29) is 11.3 Å². The Morgan fingerprint density at radius 3 is 2.59 bits per heavy atom. The van der Waals surface area contributed by atoms with Crippen LogP contribution in [0.25, 0.3) is 0 Å². The van der Waals surface area contributed by atoms with Crippen LogP contribution in [-0.4, -0.2) is 48.5 Å². The Labute approximate surface area is 155 Å². The Hall–Kier alpha value is -3.42. The van der Waals surface area contributed by atoms with Crippen LogP contribution in [0.5, 0.6) is 23.0 Å². The molecule has 2 aromatic carbocycles. The zero-order valence-corrected chi connectivity index (χ0v) is 14.4. The van der Waals surface area contributed by atoms with Crippen LogP contribution < -0.4 is 14.8 Å². The van der Waals surface area contributed by atoms with Gasteiger partial charge in [0.25, 0.3) is 5.91 Å². The fourth-order valence-electron chi connectivity index (χ4n) is 2.54. The molecule has 1 aliphatic rings. The fourth-order valence-corrected chi connectivity index (χ4v) is 2.54. The Kier molecular flexibility index (Phi) is 5.65. The lowest BCUT2D eigenvalue weighted by Gasteiger charge is -2.18. The van der Waals surface area contributed by atoms with E-state index >= 15 is 0 Å². The van der Waals surface area contributed by atoms with Gasteiger partial charge in [0, 0.05) is 12.6 Å². The highest BCUT2D eigenvalue weighted by molar-refractivity contribution is 5.94. The lowest BCUT2D eigenvalue weighted by molar-refractivity contribution is -0.124. The molecule has 27 heavy (non-hydrogen) atoms. The second kappa shape index (κ2) is 8.31. The van der Waals surface area contributed by atoms with Crippen LogP contribution in [0, 0.1) is 0 Å². The SMILES string of the molecule is O=C(COC(=O)c1ccc(O)cc1O)NCCc1ccc2c(c1)OCCO2. The minimum atomic E-state index is -0.852. The first-order valence-corrected chi connectivity index (χ1v) is 8.37. The average Bonchev–Trinajstić information content (AvgIpc) is 2.66. The zero-order chi connectivity index (χ0) is 19.2. The number of carbonyl (C=O) groups excluding carboxylic acids is 2. The number of phenolic OH excluding ortho intramolecular Hbond substituents is 2. The predicted molar refractivity (Wildman–Crippen MR) is 94.2 cm³/mol. The standard InChI is InChI=1S/C19H19NO7/c21-13-2-3-14(15(22)10-13)19(24)27-11-18(23)20-6-5-12-1-4-16-17(9-12)26-8-7-25-16/h1-4,9-10,21-22H,5-8,11H2,(H,20,23). The lowest BCUT2D eigenvalue weighted by Crippen LogP contribution is -2.30. The van der Waals surface area contributed by atoms with E-state index in [1.165, 1.54) is 12.1 Å². The highest BCUT2D eigenvalue weighted by Crippen LogP contribution is 2.30. The van der Waals surface area contributed by atoms with Crippen molar-refractivity contribution >= 4 is 11.9 Å². The van der Waals surface area contributed by atoms with Gasteiger partial charge in [-0.15, -0.1) is 0 Å². The second-order valence-electron chi connectivity index (χ2n) is 5.86. The molecule has 8 heteroatoms. The van der Waals surface area contributed by atoms with Crippen molar-refractivity contribution in [2.24, 2.45) is 0 Å². The molecular weight excluding hydrogens is 354 g/mol. The van der Waals surface area contributed by atoms with Gasteiger partial charge in [-0.05, 0) is 36.2 Å². The maximum absolute atomic E-state index is 11.8. The largest absolute Gasteiger partial charge is 0.508 e. The number of ether oxygens (including phenoxy) is 3. The normalized spacial score (nSPS) is 12.3. The molecule has 0 aromatic heterocycles. The van der Waals surface area contributed by atoms with Crippen LogP contribution in [0.1, 0.15) is 15.9 Å². The van der Waals surface area contributed by atoms with Gasteiger partial charge in [0.1, 0.15) is 30.3 Å². The molecule has 0 bridgehead atoms. The number of carbonyl (C=O) groups is 2. The van der Waals surface area contributed by atoms with Gasteiger partial charge in [-0.1, -0.05) is 6.07 Å². The van der Waals surface area contributed by atoms with Crippen molar-refractivity contribution in [3.8, 4) is 23.0 Å². The maximum Gasteiger partial charge on any atom is 0.342 e. The summed E-state index contributed by atoms with van der Waals surface area (Å²) in [6.07, 6.45) is 0.578. The molecule has 1 heterocycles. The van der Waals surface area contributed by atoms with Gasteiger partial charge in [-0.3, -0.25) is 4.79 Å². The van der Waals surface area contributed by atoms with Crippen LogP contribution in [-0.2, 0) is 16.0 Å². The molecule has 0 spiro atoms. The van der Waals surface area contributed by atoms with E-state index in [4.69, 9.17) is 14.2 Å². The molecule has 0 radical (unpaired) electrons. The minimum absolute atomic E-state index is 0.128. The molecule has 0 unspecified atom stereocenters. The third-order valence-electron chi connectivity index (χ3n) is 3.88. The zero-order valence-electron chi connectivity index (χ0n) is 14.4. The molecule has 0 aliphatic carbocycles. The van der Waals surface area contributed by atoms with E-state index in [1.54, 1.807) is 0 Å². The van der Waals surface area contributed by atoms with Crippen LogP contribution in [0.3, 0.4) is 0 Å². The second-order valence-corrected chi connectivity index (χ2v) is 5.86. The molecule has 0 fully saturated rings. The summed E-state index contributed by atoms with van der Waals surface area (Å²) >= 11 is 0. The Balaban J connectivity index is 1.42. The Bertz CT molecular complexity index is 850. The first-order valence-electron chi connectivity index (χ1n) is 8.37. The highest BCUT2D eigenvalue weighted by atomic mass is 16.6. The number of benzene rings is 2. The van der Waals surface area contributed by atoms with Crippen molar-refractivity contribution in [3.05, 3.63) is 47.5 Å². The van der Waals surface area contributed by atoms with Crippen LogP contribution in [0.15, 0.2) is 36.4 Å². The summed E-state index contributed by atoms with van der Waals surface area (Å²) in [7, 11) is 0. The average molecular weight is 373 g/mol. The molecule has 1 aliphatic heterocycles. The van der Waals surface area contributed by atoms with Crippen molar-refractivity contribution in [1.82, 2.24) is 5.32 Å². The molecular formula is C19H19NO7. The van der Waals surface area contributed by atoms with E-state index in [1.807, 2.05) is 18.2 Å². The number of hydrogen-bond acceptors (Lipinski definition) is 7. The highest BCUT2D eigenvalue weighted by Gasteiger charge is 2.15. The quantitative estimate of drug-likeness (QED) is 0.656. The van der Waals surface area contributed by atoms with E-state index in [9.17, 15) is 19.8 Å². The Morgan fingerprint density at radius 1 is 1.04 bits per heavy atom. The van der Waals surface area contributed by atoms with Crippen LogP contribution in [0.2, 0.25) is 0 Å². The number of amides is 1. The van der Waals surface area contributed by atoms with Gasteiger partial charge in [0.05, 0.1) is 0 Å². The summed E-state index contributed by atoms with van der Waals surface area (Å²) in [5.41, 5.74) is 0.849. The number of rotatable bonds is 6. The van der Waals surface area contributed by atoms with Crippen molar-refractivity contribution in [3.63, 3.8) is 0 Å². The molecule has 0 atom stereocenters. The topological polar surface area (TPSA) is 114 Å². The molecule has 0 saturated carbocycles. The molecule has 1 amide bonds. The number of hydrogen-bond donors (Lipinski definition) is 3. The smallest absolute Gasteiger partial charge is 0.342 e. The first-order chi connectivity index (χ1) is 13.0. The van der Waals surface area contributed by atoms with E-state index in [2.05, 4.69) is 5.32 Å². The van der Waals surface area contributed by atoms with Gasteiger partial charge in [-0.2, -0.15) is 0 Å². The number of esters is 1. The molecule has 0 saturated heterocycles. The van der Waals surface area contributed by atoms with E-state index < -0.39 is 24.2 Å².